The maximum Gasteiger partial charge on any atom is 0.261 e. The predicted molar refractivity (Wildman–Crippen MR) is 147 cm³/mol. The van der Waals surface area contributed by atoms with E-state index in [1.807, 2.05) is 19.9 Å². The fourth-order valence-corrected chi connectivity index (χ4v) is 4.73. The molecular formula is C25H23ClN12O. The number of pyridine rings is 1. The summed E-state index contributed by atoms with van der Waals surface area (Å²) >= 11 is 6.19. The molecule has 6 aromatic rings. The van der Waals surface area contributed by atoms with Gasteiger partial charge >= 0.3 is 0 Å². The lowest BCUT2D eigenvalue weighted by Crippen LogP contribution is -2.21. The van der Waals surface area contributed by atoms with Gasteiger partial charge < -0.3 is 11.1 Å². The average Bonchev–Trinajstić information content (AvgIpc) is 3.55. The van der Waals surface area contributed by atoms with Crippen molar-refractivity contribution in [2.75, 3.05) is 11.1 Å². The fourth-order valence-electron chi connectivity index (χ4n) is 4.58. The highest BCUT2D eigenvalue weighted by Crippen LogP contribution is 2.33. The van der Waals surface area contributed by atoms with Gasteiger partial charge in [0.05, 0.1) is 29.7 Å². The summed E-state index contributed by atoms with van der Waals surface area (Å²) in [5.74, 6) is 0.322. The smallest absolute Gasteiger partial charge is 0.261 e. The second-order valence-electron chi connectivity index (χ2n) is 9.01. The minimum absolute atomic E-state index is 0.0475. The molecule has 0 saturated carbocycles. The molecule has 0 aliphatic rings. The molecule has 0 aliphatic carbocycles. The molecule has 6 rings (SSSR count). The lowest BCUT2D eigenvalue weighted by atomic mass is 10.0. The second kappa shape index (κ2) is 9.13. The maximum atomic E-state index is 13.9. The number of rotatable bonds is 5. The molecule has 1 aromatic carbocycles. The van der Waals surface area contributed by atoms with Crippen LogP contribution in [0.2, 0.25) is 5.15 Å². The first-order chi connectivity index (χ1) is 19.9. The molecule has 0 unspecified atom stereocenters. The van der Waals surface area contributed by atoms with Gasteiger partial charge in [-0.3, -0.25) is 13.8 Å². The van der Waals surface area contributed by atoms with Crippen LogP contribution >= 0.6 is 11.6 Å². The Balaban J connectivity index is 1.60. The van der Waals surface area contributed by atoms with E-state index in [0.29, 0.717) is 28.0 Å². The van der Waals surface area contributed by atoms with E-state index in [1.54, 1.807) is 29.6 Å². The van der Waals surface area contributed by atoms with E-state index in [0.717, 1.165) is 10.1 Å². The van der Waals surface area contributed by atoms with Gasteiger partial charge in [0.25, 0.3) is 5.56 Å². The van der Waals surface area contributed by atoms with Crippen molar-refractivity contribution < 1.29 is 4.11 Å². The first-order valence-corrected chi connectivity index (χ1v) is 12.1. The van der Waals surface area contributed by atoms with Crippen molar-refractivity contribution in [3.8, 4) is 22.8 Å². The summed E-state index contributed by atoms with van der Waals surface area (Å²) in [4.78, 5) is 32.2. The number of fused-ring (bicyclic) bond motifs is 3. The molecule has 0 spiro atoms. The summed E-state index contributed by atoms with van der Waals surface area (Å²) in [7, 11) is 1.64. The number of benzene rings is 1. The van der Waals surface area contributed by atoms with Crippen LogP contribution in [-0.4, -0.2) is 49.1 Å². The van der Waals surface area contributed by atoms with Crippen molar-refractivity contribution in [1.29, 1.82) is 0 Å². The van der Waals surface area contributed by atoms with Gasteiger partial charge in [-0.1, -0.05) is 17.7 Å². The highest BCUT2D eigenvalue weighted by Gasteiger charge is 2.22. The van der Waals surface area contributed by atoms with Crippen LogP contribution in [0, 0.1) is 6.92 Å². The van der Waals surface area contributed by atoms with Gasteiger partial charge in [0.15, 0.2) is 0 Å². The number of tetrazole rings is 1. The van der Waals surface area contributed by atoms with Crippen molar-refractivity contribution in [2.45, 2.75) is 19.9 Å². The topological polar surface area (TPSA) is 160 Å². The number of hydrogen-bond acceptors (Lipinski definition) is 10. The van der Waals surface area contributed by atoms with Crippen LogP contribution in [-0.2, 0) is 14.0 Å². The number of nitrogens with one attached hydrogen (secondary N) is 1. The van der Waals surface area contributed by atoms with E-state index in [1.165, 1.54) is 23.5 Å². The minimum Gasteiger partial charge on any atom is -0.377 e. The van der Waals surface area contributed by atoms with E-state index in [4.69, 9.17) is 21.4 Å². The largest absolute Gasteiger partial charge is 0.377 e. The van der Waals surface area contributed by atoms with E-state index in [-0.39, 0.29) is 33.7 Å². The molecule has 5 heterocycles. The Morgan fingerprint density at radius 3 is 2.67 bits per heavy atom. The van der Waals surface area contributed by atoms with E-state index in [9.17, 15) is 4.79 Å². The zero-order valence-corrected chi connectivity index (χ0v) is 21.7. The van der Waals surface area contributed by atoms with Gasteiger partial charge in [0, 0.05) is 29.0 Å². The van der Waals surface area contributed by atoms with E-state index < -0.39 is 18.6 Å². The Bertz CT molecular complexity index is 2050. The molecule has 1 atom stereocenters. The van der Waals surface area contributed by atoms with Crippen LogP contribution in [0.4, 0.5) is 11.6 Å². The minimum atomic E-state index is -2.81. The number of nitrogens with two attached hydrogens (primary N) is 1. The molecule has 0 aliphatic heterocycles. The Hall–Kier alpha value is -4.91. The summed E-state index contributed by atoms with van der Waals surface area (Å²) < 4.78 is 27.0. The van der Waals surface area contributed by atoms with Gasteiger partial charge in [-0.05, 0) is 48.4 Å². The normalized spacial score (nSPS) is 13.8. The van der Waals surface area contributed by atoms with Gasteiger partial charge in [0.2, 0.25) is 11.8 Å². The predicted octanol–water partition coefficient (Wildman–Crippen LogP) is 2.95. The lowest BCUT2D eigenvalue weighted by Gasteiger charge is -2.21. The number of anilines is 2. The van der Waals surface area contributed by atoms with Crippen molar-refractivity contribution in [2.24, 2.45) is 14.0 Å². The number of imidazole rings is 1. The maximum absolute atomic E-state index is 13.9. The fraction of sp³-hybridized carbons (Fsp3) is 0.200. The number of nitrogen functional groups attached to an aromatic ring is 1. The Labute approximate surface area is 230 Å². The van der Waals surface area contributed by atoms with Crippen LogP contribution in [0.25, 0.3) is 39.3 Å². The summed E-state index contributed by atoms with van der Waals surface area (Å²) in [6.45, 7) is 0.934. The van der Waals surface area contributed by atoms with Crippen LogP contribution in [0.5, 0.6) is 0 Å². The third-order valence-electron chi connectivity index (χ3n) is 6.28. The molecular weight excluding hydrogens is 520 g/mol. The van der Waals surface area contributed by atoms with Crippen LogP contribution in [0.15, 0.2) is 47.8 Å². The number of aromatic nitrogens is 10. The number of hydrogen-bond donors (Lipinski definition) is 2. The van der Waals surface area contributed by atoms with Crippen molar-refractivity contribution in [3.63, 3.8) is 0 Å². The zero-order chi connectivity index (χ0) is 29.9. The van der Waals surface area contributed by atoms with Gasteiger partial charge in [-0.15, -0.1) is 10.2 Å². The zero-order valence-electron chi connectivity index (χ0n) is 24.0. The van der Waals surface area contributed by atoms with Gasteiger partial charge in [0.1, 0.15) is 28.5 Å². The Morgan fingerprint density at radius 2 is 1.95 bits per heavy atom. The quantitative estimate of drug-likeness (QED) is 0.308. The van der Waals surface area contributed by atoms with Crippen molar-refractivity contribution >= 4 is 39.8 Å². The summed E-state index contributed by atoms with van der Waals surface area (Å²) in [5.41, 5.74) is 8.56. The van der Waals surface area contributed by atoms with E-state index >= 15 is 0 Å². The molecule has 0 fully saturated rings. The molecule has 0 radical (unpaired) electrons. The number of aryl methyl sites for hydroxylation is 3. The highest BCUT2D eigenvalue weighted by atomic mass is 35.5. The van der Waals surface area contributed by atoms with Crippen LogP contribution < -0.4 is 16.6 Å². The van der Waals surface area contributed by atoms with Crippen LogP contribution in [0.3, 0.4) is 0 Å². The van der Waals surface area contributed by atoms with Crippen LogP contribution in [0.1, 0.15) is 28.2 Å². The number of nitrogens with zero attached hydrogens (tertiary/aromatic N) is 10. The first kappa shape index (κ1) is 21.1. The molecule has 0 amide bonds. The summed E-state index contributed by atoms with van der Waals surface area (Å²) in [6, 6.07) is 6.55. The lowest BCUT2D eigenvalue weighted by molar-refractivity contribution is 0.630. The molecule has 39 heavy (non-hydrogen) atoms. The third-order valence-corrected chi connectivity index (χ3v) is 6.49. The summed E-state index contributed by atoms with van der Waals surface area (Å²) in [5, 5.41) is 16.1. The monoisotopic (exact) mass is 545 g/mol. The second-order valence-corrected chi connectivity index (χ2v) is 9.39. The third kappa shape index (κ3) is 4.12. The van der Waals surface area contributed by atoms with Gasteiger partial charge in [-0.2, -0.15) is 4.80 Å². The molecule has 14 heteroatoms. The van der Waals surface area contributed by atoms with Crippen molar-refractivity contribution in [3.05, 3.63) is 69.6 Å². The SMILES string of the molecule is [2H]C([2H])([2H])n1c(=O)c2cc(C)cc([C@H](C)Nc3ccc(Cl)nc3-c3nnn(C)n3)c2n2cnc(-c3cnc(N)nc3)c12. The molecule has 196 valence electrons. The molecule has 0 saturated heterocycles. The standard InChI is InChI=1S/C25H23ClN12O/c1-12-7-15(13(2)31-17-5-6-18(26)32-20(17)22-33-35-37(4)34-22)21-16(8-12)24(39)36(3)23-19(30-11-38(21)23)14-9-28-25(27)29-10-14/h5-11,13,31H,1-4H3,(H2,27,28,29)/t13-/m0/s1/i3D3. The van der Waals surface area contributed by atoms with Crippen molar-refractivity contribution in [1.82, 2.24) is 49.1 Å². The van der Waals surface area contributed by atoms with Gasteiger partial charge in [-0.25, -0.2) is 19.9 Å². The summed E-state index contributed by atoms with van der Waals surface area (Å²) in [6.07, 6.45) is 4.34. The molecule has 3 N–H and O–H groups in total. The molecule has 13 nitrogen and oxygen atoms in total. The Kier molecular flexibility index (Phi) is 4.93. The Morgan fingerprint density at radius 1 is 1.15 bits per heavy atom. The van der Waals surface area contributed by atoms with E-state index in [2.05, 4.69) is 40.7 Å². The molecule has 0 bridgehead atoms. The average molecular weight is 546 g/mol. The number of halogens is 1. The first-order valence-electron chi connectivity index (χ1n) is 13.2. The highest BCUT2D eigenvalue weighted by molar-refractivity contribution is 6.29. The molecule has 5 aromatic heterocycles.